The Hall–Kier alpha value is -2.83. The van der Waals surface area contributed by atoms with Gasteiger partial charge < -0.3 is 9.47 Å². The third-order valence-electron chi connectivity index (χ3n) is 6.93. The van der Waals surface area contributed by atoms with Crippen LogP contribution in [-0.2, 0) is 9.53 Å². The second-order valence-corrected chi connectivity index (χ2v) is 9.79. The monoisotopic (exact) mass is 472 g/mol. The predicted molar refractivity (Wildman–Crippen MR) is 144 cm³/mol. The Balaban J connectivity index is 1.47. The number of benzene rings is 2. The second-order valence-electron chi connectivity index (χ2n) is 9.79. The Morgan fingerprint density at radius 1 is 0.971 bits per heavy atom. The Morgan fingerprint density at radius 3 is 2.11 bits per heavy atom. The van der Waals surface area contributed by atoms with E-state index in [0.717, 1.165) is 36.5 Å². The summed E-state index contributed by atoms with van der Waals surface area (Å²) in [6, 6.07) is 15.9. The largest absolute Gasteiger partial charge is 0.423 e. The maximum atomic E-state index is 11.6. The highest BCUT2D eigenvalue weighted by molar-refractivity contribution is 5.88. The molecule has 186 valence electrons. The van der Waals surface area contributed by atoms with Gasteiger partial charge in [0.2, 0.25) is 0 Å². The van der Waals surface area contributed by atoms with Gasteiger partial charge >= 0.3 is 5.97 Å². The van der Waals surface area contributed by atoms with Gasteiger partial charge in [-0.25, -0.2) is 4.79 Å². The van der Waals surface area contributed by atoms with E-state index < -0.39 is 5.97 Å². The van der Waals surface area contributed by atoms with Crippen LogP contribution in [0.15, 0.2) is 60.7 Å². The number of carbonyl (C=O) groups is 1. The molecular weight excluding hydrogens is 432 g/mol. The molecule has 0 radical (unpaired) electrons. The minimum Gasteiger partial charge on any atom is -0.423 e. The summed E-state index contributed by atoms with van der Waals surface area (Å²) in [5.41, 5.74) is 3.66. The number of ether oxygens (including phenoxy) is 2. The zero-order chi connectivity index (χ0) is 25.0. The van der Waals surface area contributed by atoms with Crippen molar-refractivity contribution in [2.24, 2.45) is 5.92 Å². The van der Waals surface area contributed by atoms with Crippen molar-refractivity contribution in [2.75, 3.05) is 6.61 Å². The van der Waals surface area contributed by atoms with Crippen molar-refractivity contribution >= 4 is 5.97 Å². The summed E-state index contributed by atoms with van der Waals surface area (Å²) in [6.45, 7) is 10.7. The summed E-state index contributed by atoms with van der Waals surface area (Å²) < 4.78 is 11.5. The highest BCUT2D eigenvalue weighted by Gasteiger charge is 2.23. The van der Waals surface area contributed by atoms with Gasteiger partial charge in [0.1, 0.15) is 5.75 Å². The fourth-order valence-electron chi connectivity index (χ4n) is 4.52. The molecule has 3 nitrogen and oxygen atoms in total. The number of hydrogen-bond acceptors (Lipinski definition) is 3. The third-order valence-corrected chi connectivity index (χ3v) is 6.93. The van der Waals surface area contributed by atoms with E-state index in [1.807, 2.05) is 12.1 Å². The topological polar surface area (TPSA) is 35.5 Å². The molecule has 1 aliphatic carbocycles. The second kappa shape index (κ2) is 13.9. The van der Waals surface area contributed by atoms with Crippen LogP contribution >= 0.6 is 0 Å². The van der Waals surface area contributed by atoms with Crippen LogP contribution in [0.3, 0.4) is 0 Å². The Morgan fingerprint density at radius 2 is 1.57 bits per heavy atom. The predicted octanol–water partition coefficient (Wildman–Crippen LogP) is 7.83. The maximum absolute atomic E-state index is 11.6. The van der Waals surface area contributed by atoms with Crippen molar-refractivity contribution in [3.63, 3.8) is 0 Å². The third kappa shape index (κ3) is 8.71. The quantitative estimate of drug-likeness (QED) is 0.153. The molecule has 0 saturated heterocycles. The van der Waals surface area contributed by atoms with Crippen LogP contribution in [0.25, 0.3) is 0 Å². The lowest BCUT2D eigenvalue weighted by Gasteiger charge is -2.30. The zero-order valence-corrected chi connectivity index (χ0v) is 21.6. The molecule has 0 spiro atoms. The van der Waals surface area contributed by atoms with Crippen LogP contribution in [0.2, 0.25) is 0 Å². The molecule has 3 rings (SSSR count). The SMILES string of the molecule is C=C(C)C(=O)Oc1ccc(C#Cc2ccc(C3CCC(OCC(CC)CCCC)CC3)cc2)cc1. The van der Waals surface area contributed by atoms with Gasteiger partial charge in [-0.05, 0) is 92.8 Å². The molecule has 1 saturated carbocycles. The normalized spacial score (nSPS) is 18.3. The first-order valence-corrected chi connectivity index (χ1v) is 13.2. The average Bonchev–Trinajstić information content (AvgIpc) is 2.89. The van der Waals surface area contributed by atoms with E-state index in [1.54, 1.807) is 19.1 Å². The maximum Gasteiger partial charge on any atom is 0.338 e. The standard InChI is InChI=1S/C32H40O3/c1-5-7-8-25(6-2)23-34-30-21-17-29(18-22-30)28-15-11-26(12-16-28)9-10-27-13-19-31(20-14-27)35-32(33)24(3)4/h11-16,19-20,25,29-30H,3,5-8,17-18,21-23H2,1-2,4H3. The Labute approximate surface area is 211 Å². The number of carbonyl (C=O) groups excluding carboxylic acids is 1. The Kier molecular flexibility index (Phi) is 10.6. The van der Waals surface area contributed by atoms with Gasteiger partial charge in [0.25, 0.3) is 0 Å². The minimum atomic E-state index is -0.419. The molecule has 3 heteroatoms. The first-order valence-electron chi connectivity index (χ1n) is 13.2. The number of unbranched alkanes of at least 4 members (excludes halogenated alkanes) is 1. The average molecular weight is 473 g/mol. The molecule has 0 amide bonds. The van der Waals surface area contributed by atoms with Gasteiger partial charge in [-0.15, -0.1) is 0 Å². The molecule has 0 aliphatic heterocycles. The Bertz CT molecular complexity index is 1000. The molecule has 1 unspecified atom stereocenters. The summed E-state index contributed by atoms with van der Waals surface area (Å²) in [5.74, 6) is 7.83. The van der Waals surface area contributed by atoms with E-state index in [-0.39, 0.29) is 0 Å². The van der Waals surface area contributed by atoms with Gasteiger partial charge in [0.05, 0.1) is 6.10 Å². The number of hydrogen-bond donors (Lipinski definition) is 0. The van der Waals surface area contributed by atoms with E-state index in [9.17, 15) is 4.79 Å². The lowest BCUT2D eigenvalue weighted by molar-refractivity contribution is -0.130. The van der Waals surface area contributed by atoms with Gasteiger partial charge in [-0.1, -0.05) is 63.7 Å². The molecule has 0 bridgehead atoms. The molecular formula is C32H40O3. The fraction of sp³-hybridized carbons (Fsp3) is 0.469. The number of rotatable bonds is 10. The van der Waals surface area contributed by atoms with Gasteiger partial charge in [-0.3, -0.25) is 0 Å². The van der Waals surface area contributed by atoms with Crippen molar-refractivity contribution in [2.45, 2.75) is 84.2 Å². The van der Waals surface area contributed by atoms with E-state index in [4.69, 9.17) is 9.47 Å². The van der Waals surface area contributed by atoms with Gasteiger partial charge in [-0.2, -0.15) is 0 Å². The molecule has 0 aromatic heterocycles. The summed E-state index contributed by atoms with van der Waals surface area (Å²) in [6.07, 6.45) is 10.3. The number of esters is 1. The molecule has 2 aromatic rings. The van der Waals surface area contributed by atoms with Crippen LogP contribution in [-0.4, -0.2) is 18.7 Å². The molecule has 35 heavy (non-hydrogen) atoms. The summed E-state index contributed by atoms with van der Waals surface area (Å²) in [4.78, 5) is 11.6. The summed E-state index contributed by atoms with van der Waals surface area (Å²) in [5, 5.41) is 0. The van der Waals surface area contributed by atoms with E-state index in [1.165, 1.54) is 44.1 Å². The fourth-order valence-corrected chi connectivity index (χ4v) is 4.52. The van der Waals surface area contributed by atoms with Crippen LogP contribution in [0.1, 0.15) is 94.7 Å². The van der Waals surface area contributed by atoms with Crippen LogP contribution < -0.4 is 4.74 Å². The highest BCUT2D eigenvalue weighted by Crippen LogP contribution is 2.34. The molecule has 1 fully saturated rings. The smallest absolute Gasteiger partial charge is 0.338 e. The van der Waals surface area contributed by atoms with Crippen molar-refractivity contribution < 1.29 is 14.3 Å². The molecule has 1 atom stereocenters. The van der Waals surface area contributed by atoms with Crippen LogP contribution in [0.4, 0.5) is 0 Å². The first kappa shape index (κ1) is 26.8. The molecule has 0 N–H and O–H groups in total. The zero-order valence-electron chi connectivity index (χ0n) is 21.6. The van der Waals surface area contributed by atoms with Crippen LogP contribution in [0, 0.1) is 17.8 Å². The van der Waals surface area contributed by atoms with E-state index in [2.05, 4.69) is 56.5 Å². The van der Waals surface area contributed by atoms with Crippen LogP contribution in [0.5, 0.6) is 5.75 Å². The summed E-state index contributed by atoms with van der Waals surface area (Å²) >= 11 is 0. The summed E-state index contributed by atoms with van der Waals surface area (Å²) in [7, 11) is 0. The van der Waals surface area contributed by atoms with E-state index >= 15 is 0 Å². The molecule has 0 heterocycles. The lowest BCUT2D eigenvalue weighted by Crippen LogP contribution is -2.23. The van der Waals surface area contributed by atoms with Crippen molar-refractivity contribution in [1.82, 2.24) is 0 Å². The molecule has 1 aliphatic rings. The first-order chi connectivity index (χ1) is 17.0. The van der Waals surface area contributed by atoms with E-state index in [0.29, 0.717) is 23.3 Å². The molecule has 2 aromatic carbocycles. The van der Waals surface area contributed by atoms with Crippen molar-refractivity contribution in [1.29, 1.82) is 0 Å². The highest BCUT2D eigenvalue weighted by atomic mass is 16.5. The van der Waals surface area contributed by atoms with Crippen molar-refractivity contribution in [3.8, 4) is 17.6 Å². The van der Waals surface area contributed by atoms with Gasteiger partial charge in [0.15, 0.2) is 0 Å². The minimum absolute atomic E-state index is 0.376. The van der Waals surface area contributed by atoms with Gasteiger partial charge in [0, 0.05) is 23.3 Å². The van der Waals surface area contributed by atoms with Crippen molar-refractivity contribution in [3.05, 3.63) is 77.4 Å². The lowest BCUT2D eigenvalue weighted by atomic mass is 9.82.